The van der Waals surface area contributed by atoms with Crippen molar-refractivity contribution in [2.24, 2.45) is 11.3 Å². The molecule has 1 aromatic rings. The summed E-state index contributed by atoms with van der Waals surface area (Å²) in [6, 6.07) is 6.93. The molecule has 1 atom stereocenters. The molecule has 2 aliphatic rings. The number of amides is 3. The molecule has 2 fully saturated rings. The van der Waals surface area contributed by atoms with Gasteiger partial charge in [-0.2, -0.15) is 0 Å². The highest BCUT2D eigenvalue weighted by atomic mass is 16.2. The molecule has 1 saturated heterocycles. The first-order valence-electron chi connectivity index (χ1n) is 7.73. The molecule has 1 aliphatic heterocycles. The van der Waals surface area contributed by atoms with Crippen LogP contribution in [0.4, 0.5) is 16.2 Å². The third-order valence-electron chi connectivity index (χ3n) is 4.72. The molecular weight excluding hydrogens is 280 g/mol. The van der Waals surface area contributed by atoms with Crippen LogP contribution in [0.15, 0.2) is 24.3 Å². The Morgan fingerprint density at radius 1 is 1.18 bits per heavy atom. The zero-order valence-electron chi connectivity index (χ0n) is 12.7. The summed E-state index contributed by atoms with van der Waals surface area (Å²) in [5.41, 5.74) is 1.60. The van der Waals surface area contributed by atoms with E-state index >= 15 is 0 Å². The molecule has 1 aliphatic carbocycles. The summed E-state index contributed by atoms with van der Waals surface area (Å²) in [6.45, 7) is 2.02. The molecule has 4 N–H and O–H groups in total. The van der Waals surface area contributed by atoms with Gasteiger partial charge in [0.1, 0.15) is 0 Å². The average molecular weight is 302 g/mol. The van der Waals surface area contributed by atoms with Crippen molar-refractivity contribution in [2.45, 2.75) is 19.3 Å². The van der Waals surface area contributed by atoms with Crippen LogP contribution in [0.5, 0.6) is 0 Å². The van der Waals surface area contributed by atoms with Gasteiger partial charge >= 0.3 is 6.03 Å². The number of nitrogens with one attached hydrogen (secondary N) is 4. The third kappa shape index (κ3) is 3.06. The lowest BCUT2D eigenvalue weighted by molar-refractivity contribution is -0.118. The predicted molar refractivity (Wildman–Crippen MR) is 85.8 cm³/mol. The Morgan fingerprint density at radius 2 is 1.86 bits per heavy atom. The Bertz CT molecular complexity index is 581. The summed E-state index contributed by atoms with van der Waals surface area (Å²) in [7, 11) is 1.56. The van der Waals surface area contributed by atoms with Gasteiger partial charge in [-0.3, -0.25) is 4.79 Å². The number of anilines is 2. The molecule has 1 aromatic carbocycles. The summed E-state index contributed by atoms with van der Waals surface area (Å²) < 4.78 is 0. The molecule has 1 unspecified atom stereocenters. The van der Waals surface area contributed by atoms with Crippen LogP contribution in [0.1, 0.15) is 19.3 Å². The van der Waals surface area contributed by atoms with Crippen LogP contribution >= 0.6 is 0 Å². The molecule has 0 bridgehead atoms. The summed E-state index contributed by atoms with van der Waals surface area (Å²) in [4.78, 5) is 23.7. The van der Waals surface area contributed by atoms with Gasteiger partial charge in [-0.1, -0.05) is 6.07 Å². The van der Waals surface area contributed by atoms with Crippen molar-refractivity contribution >= 4 is 23.3 Å². The third-order valence-corrected chi connectivity index (χ3v) is 4.72. The fourth-order valence-corrected chi connectivity index (χ4v) is 3.29. The van der Waals surface area contributed by atoms with Crippen molar-refractivity contribution in [3.05, 3.63) is 24.3 Å². The van der Waals surface area contributed by atoms with Crippen molar-refractivity contribution in [3.8, 4) is 0 Å². The fraction of sp³-hybridized carbons (Fsp3) is 0.500. The molecule has 1 spiro atoms. The van der Waals surface area contributed by atoms with Gasteiger partial charge in [0.15, 0.2) is 0 Å². The predicted octanol–water partition coefficient (Wildman–Crippen LogP) is 1.77. The Labute approximate surface area is 130 Å². The fourth-order valence-electron chi connectivity index (χ4n) is 3.29. The first-order valence-corrected chi connectivity index (χ1v) is 7.73. The average Bonchev–Trinajstić information content (AvgIpc) is 3.21. The van der Waals surface area contributed by atoms with Crippen LogP contribution in [0.3, 0.4) is 0 Å². The molecule has 118 valence electrons. The molecule has 0 aromatic heterocycles. The largest absolute Gasteiger partial charge is 0.341 e. The van der Waals surface area contributed by atoms with E-state index in [1.54, 1.807) is 19.2 Å². The minimum Gasteiger partial charge on any atom is -0.341 e. The topological polar surface area (TPSA) is 82.3 Å². The second kappa shape index (κ2) is 5.96. The maximum Gasteiger partial charge on any atom is 0.318 e. The van der Waals surface area contributed by atoms with E-state index < -0.39 is 0 Å². The minimum absolute atomic E-state index is 0.0963. The number of hydrogen-bond acceptors (Lipinski definition) is 3. The molecule has 6 nitrogen and oxygen atoms in total. The first-order chi connectivity index (χ1) is 10.6. The Balaban J connectivity index is 1.60. The molecule has 6 heteroatoms. The van der Waals surface area contributed by atoms with Crippen LogP contribution in [-0.2, 0) is 4.79 Å². The molecule has 1 heterocycles. The van der Waals surface area contributed by atoms with Crippen LogP contribution in [0.25, 0.3) is 0 Å². The standard InChI is InChI=1S/C16H22N4O2/c1-17-15(22)20-12-4-2-3-11(9-12)19-14(21)13-10-16(13)5-7-18-8-6-16/h2-4,9,13,18H,5-8,10H2,1H3,(H,19,21)(H2,17,20,22). The number of carbonyl (C=O) groups is 2. The van der Waals surface area contributed by atoms with Crippen molar-refractivity contribution in [3.63, 3.8) is 0 Å². The Morgan fingerprint density at radius 3 is 2.55 bits per heavy atom. The number of benzene rings is 1. The van der Waals surface area contributed by atoms with E-state index in [4.69, 9.17) is 0 Å². The quantitative estimate of drug-likeness (QED) is 0.687. The Hall–Kier alpha value is -2.08. The second-order valence-electron chi connectivity index (χ2n) is 6.14. The van der Waals surface area contributed by atoms with Gasteiger partial charge in [-0.15, -0.1) is 0 Å². The van der Waals surface area contributed by atoms with Gasteiger partial charge in [0.05, 0.1) is 0 Å². The monoisotopic (exact) mass is 302 g/mol. The summed E-state index contributed by atoms with van der Waals surface area (Å²) in [6.07, 6.45) is 3.17. The highest BCUT2D eigenvalue weighted by molar-refractivity contribution is 5.96. The van der Waals surface area contributed by atoms with E-state index in [9.17, 15) is 9.59 Å². The number of rotatable bonds is 3. The van der Waals surface area contributed by atoms with E-state index in [-0.39, 0.29) is 23.3 Å². The van der Waals surface area contributed by atoms with Crippen molar-refractivity contribution in [1.82, 2.24) is 10.6 Å². The zero-order valence-corrected chi connectivity index (χ0v) is 12.7. The number of urea groups is 1. The molecule has 22 heavy (non-hydrogen) atoms. The molecule has 0 radical (unpaired) electrons. The van der Waals surface area contributed by atoms with E-state index in [1.807, 2.05) is 12.1 Å². The van der Waals surface area contributed by atoms with E-state index in [1.165, 1.54) is 0 Å². The van der Waals surface area contributed by atoms with Crippen LogP contribution in [0, 0.1) is 11.3 Å². The van der Waals surface area contributed by atoms with Gasteiger partial charge in [0.25, 0.3) is 0 Å². The van der Waals surface area contributed by atoms with Crippen LogP contribution in [0.2, 0.25) is 0 Å². The van der Waals surface area contributed by atoms with Gasteiger partial charge < -0.3 is 21.3 Å². The lowest BCUT2D eigenvalue weighted by Crippen LogP contribution is -2.31. The van der Waals surface area contributed by atoms with E-state index in [2.05, 4.69) is 21.3 Å². The smallest absolute Gasteiger partial charge is 0.318 e. The number of hydrogen-bond donors (Lipinski definition) is 4. The molecule has 3 rings (SSSR count). The van der Waals surface area contributed by atoms with E-state index in [0.29, 0.717) is 5.69 Å². The summed E-state index contributed by atoms with van der Waals surface area (Å²) in [5, 5.41) is 11.5. The van der Waals surface area contributed by atoms with Gasteiger partial charge in [0, 0.05) is 24.3 Å². The van der Waals surface area contributed by atoms with Crippen molar-refractivity contribution in [1.29, 1.82) is 0 Å². The molecular formula is C16H22N4O2. The highest BCUT2D eigenvalue weighted by Crippen LogP contribution is 2.58. The summed E-state index contributed by atoms with van der Waals surface area (Å²) in [5.74, 6) is 0.226. The lowest BCUT2D eigenvalue weighted by atomic mass is 9.92. The van der Waals surface area contributed by atoms with Crippen molar-refractivity contribution in [2.75, 3.05) is 30.8 Å². The van der Waals surface area contributed by atoms with Gasteiger partial charge in [-0.25, -0.2) is 4.79 Å². The summed E-state index contributed by atoms with van der Waals surface area (Å²) >= 11 is 0. The van der Waals surface area contributed by atoms with Gasteiger partial charge in [0.2, 0.25) is 5.91 Å². The molecule has 1 saturated carbocycles. The minimum atomic E-state index is -0.278. The van der Waals surface area contributed by atoms with E-state index in [0.717, 1.165) is 38.0 Å². The number of carbonyl (C=O) groups excluding carboxylic acids is 2. The van der Waals surface area contributed by atoms with Crippen molar-refractivity contribution < 1.29 is 9.59 Å². The lowest BCUT2D eigenvalue weighted by Gasteiger charge is -2.23. The SMILES string of the molecule is CNC(=O)Nc1cccc(NC(=O)C2CC23CCNCC3)c1. The maximum atomic E-state index is 12.4. The maximum absolute atomic E-state index is 12.4. The second-order valence-corrected chi connectivity index (χ2v) is 6.14. The zero-order chi connectivity index (χ0) is 15.6. The first kappa shape index (κ1) is 14.8. The number of piperidine rings is 1. The Kier molecular flexibility index (Phi) is 4.02. The van der Waals surface area contributed by atoms with Gasteiger partial charge in [-0.05, 0) is 56.0 Å². The van der Waals surface area contributed by atoms with Crippen LogP contribution < -0.4 is 21.3 Å². The normalized spacial score (nSPS) is 22.0. The van der Waals surface area contributed by atoms with Crippen LogP contribution in [-0.4, -0.2) is 32.1 Å². The highest BCUT2D eigenvalue weighted by Gasteiger charge is 2.57. The molecule has 3 amide bonds.